The normalized spacial score (nSPS) is 13.9. The summed E-state index contributed by atoms with van der Waals surface area (Å²) in [4.78, 5) is 117. The molecular weight excluding hydrogens is 1520 g/mol. The molecular formula is C90H86F2N24O4. The summed E-state index contributed by atoms with van der Waals surface area (Å²) in [6.07, 6.45) is 19.6. The molecule has 0 bridgehead atoms. The first kappa shape index (κ1) is 78.0. The highest BCUT2D eigenvalue weighted by Gasteiger charge is 2.31. The van der Waals surface area contributed by atoms with Crippen LogP contribution < -0.4 is 43.5 Å². The Morgan fingerprint density at radius 3 is 1.08 bits per heavy atom. The number of H-pyrrole nitrogens is 4. The van der Waals surface area contributed by atoms with Crippen molar-refractivity contribution in [3.05, 3.63) is 294 Å². The van der Waals surface area contributed by atoms with E-state index in [9.17, 15) is 28.0 Å². The summed E-state index contributed by atoms with van der Waals surface area (Å²) in [6.45, 7) is 17.8. The van der Waals surface area contributed by atoms with Crippen LogP contribution in [0, 0.1) is 46.3 Å². The number of para-hydroxylation sites is 1. The molecule has 30 heteroatoms. The van der Waals surface area contributed by atoms with Gasteiger partial charge in [-0.25, -0.2) is 68.6 Å². The molecule has 4 atom stereocenters. The Morgan fingerprint density at radius 2 is 0.708 bits per heavy atom. The fourth-order valence-corrected chi connectivity index (χ4v) is 16.3. The van der Waals surface area contributed by atoms with Gasteiger partial charge in [-0.2, -0.15) is 0 Å². The average Bonchev–Trinajstić information content (AvgIpc) is 0.802. The van der Waals surface area contributed by atoms with Crippen LogP contribution in [0.25, 0.3) is 99.1 Å². The highest BCUT2D eigenvalue weighted by atomic mass is 19.1. The Labute approximate surface area is 684 Å². The third-order valence-electron chi connectivity index (χ3n) is 22.9. The molecule has 28 nitrogen and oxygen atoms in total. The van der Waals surface area contributed by atoms with Crippen LogP contribution >= 0.6 is 0 Å². The Kier molecular flexibility index (Phi) is 21.3. The Morgan fingerprint density at radius 1 is 0.383 bits per heavy atom. The number of nitrogens with one attached hydrogen (secondary N) is 8. The number of pyridine rings is 4. The number of halogens is 2. The number of anilines is 4. The molecule has 2 saturated carbocycles. The maximum Gasteiger partial charge on any atom is 0.263 e. The Hall–Kier alpha value is -14.6. The third-order valence-corrected chi connectivity index (χ3v) is 22.9. The van der Waals surface area contributed by atoms with E-state index in [2.05, 4.69) is 133 Å². The molecule has 0 amide bonds. The standard InChI is InChI=1S/C24H22N6O.C23H18F2N6O.C22H24N6O.C21H22N6O/c1-14-7-9-18(10-8-14)30-19(11-17-6-4-5-15(2)20(17)24(30)31)16(3)29-23-21-22(26-12-25-21)27-13-28-23;1-12-5-3-6-14-9-17(13(2)30-22-19-21(27-10-26-19)28-11-29-22)31(23(32)18(12)14)20-15(24)7-4-8-16(20)25;1-3-16(27-21-19-20(24-11-23-19)25-12-26-21)17-10-14-7-4-6-13(2)18(14)22(29)28(17)15-8-5-9-15;1-12-5-3-6-14-9-16(27(15-7-4-8-15)21(28)17(12)14)13(2)26-20-18-19(23-10-22-18)24-11-25-20/h4-13,16H,1-3H3,(H2,25,26,27,28,29);3-11,13H,1-2H3,(H2,26,27,28,29,30);4,6-7,10-12,15-16H,3,5,8-9H2,1-2H3,(H2,23,24,25,26,27);3,5-6,9-11,13,15H,4,7-8H2,1-2H3,(H2,22,23,24,25,26). The van der Waals surface area contributed by atoms with Gasteiger partial charge in [0.2, 0.25) is 0 Å². The van der Waals surface area contributed by atoms with Crippen molar-refractivity contribution >= 4 is 111 Å². The van der Waals surface area contributed by atoms with Crippen molar-refractivity contribution in [3.63, 3.8) is 0 Å². The zero-order valence-electron chi connectivity index (χ0n) is 67.4. The summed E-state index contributed by atoms with van der Waals surface area (Å²) in [6, 6.07) is 42.8. The van der Waals surface area contributed by atoms with Gasteiger partial charge in [0.25, 0.3) is 22.2 Å². The predicted octanol–water partition coefficient (Wildman–Crippen LogP) is 17.0. The zero-order valence-corrected chi connectivity index (χ0v) is 67.4. The van der Waals surface area contributed by atoms with Crippen LogP contribution in [-0.2, 0) is 0 Å². The predicted molar refractivity (Wildman–Crippen MR) is 464 cm³/mol. The molecule has 2 aliphatic rings. The molecule has 604 valence electrons. The first-order valence-corrected chi connectivity index (χ1v) is 40.0. The highest BCUT2D eigenvalue weighted by Crippen LogP contribution is 2.39. The van der Waals surface area contributed by atoms with Gasteiger partial charge in [-0.1, -0.05) is 103 Å². The zero-order chi connectivity index (χ0) is 83.1. The van der Waals surface area contributed by atoms with E-state index in [1.165, 1.54) is 50.5 Å². The van der Waals surface area contributed by atoms with Crippen LogP contribution in [0.3, 0.4) is 0 Å². The van der Waals surface area contributed by atoms with E-state index < -0.39 is 28.9 Å². The number of fused-ring (bicyclic) bond motifs is 8. The number of nitrogens with zero attached hydrogens (tertiary/aromatic N) is 16. The lowest BCUT2D eigenvalue weighted by Gasteiger charge is -2.33. The van der Waals surface area contributed by atoms with Crippen molar-refractivity contribution in [1.29, 1.82) is 0 Å². The van der Waals surface area contributed by atoms with Gasteiger partial charge in [-0.05, 0) is 193 Å². The van der Waals surface area contributed by atoms with E-state index in [4.69, 9.17) is 0 Å². The molecule has 18 aromatic rings. The second-order valence-electron chi connectivity index (χ2n) is 30.6. The largest absolute Gasteiger partial charge is 0.360 e. The van der Waals surface area contributed by atoms with Crippen molar-refractivity contribution in [1.82, 2.24) is 98.0 Å². The third kappa shape index (κ3) is 14.7. The second-order valence-corrected chi connectivity index (χ2v) is 30.6. The molecule has 8 N–H and O–H groups in total. The van der Waals surface area contributed by atoms with Crippen molar-refractivity contribution in [2.75, 3.05) is 21.3 Å². The van der Waals surface area contributed by atoms with Crippen molar-refractivity contribution in [2.24, 2.45) is 0 Å². The Bertz CT molecular complexity index is 7180. The van der Waals surface area contributed by atoms with Crippen LogP contribution in [-0.4, -0.2) is 98.0 Å². The summed E-state index contributed by atoms with van der Waals surface area (Å²) >= 11 is 0. The number of hydrogen-bond donors (Lipinski definition) is 8. The van der Waals surface area contributed by atoms with Gasteiger partial charge in [-0.3, -0.25) is 28.3 Å². The van der Waals surface area contributed by atoms with Gasteiger partial charge in [0.05, 0.1) is 71.0 Å². The summed E-state index contributed by atoms with van der Waals surface area (Å²) in [5.74, 6) is 0.834. The van der Waals surface area contributed by atoms with E-state index in [0.717, 1.165) is 148 Å². The van der Waals surface area contributed by atoms with Crippen molar-refractivity contribution < 1.29 is 8.78 Å². The fourth-order valence-electron chi connectivity index (χ4n) is 16.3. The summed E-state index contributed by atoms with van der Waals surface area (Å²) < 4.78 is 36.5. The van der Waals surface area contributed by atoms with Gasteiger partial charge in [0.15, 0.2) is 45.9 Å². The average molecular weight is 1610 g/mol. The highest BCUT2D eigenvalue weighted by molar-refractivity contribution is 5.90. The molecule has 4 unspecified atom stereocenters. The summed E-state index contributed by atoms with van der Waals surface area (Å²) in [7, 11) is 0. The van der Waals surface area contributed by atoms with E-state index in [-0.39, 0.29) is 46.9 Å². The molecule has 0 aliphatic heterocycles. The summed E-state index contributed by atoms with van der Waals surface area (Å²) in [5.41, 5.74) is 13.4. The Balaban J connectivity index is 0.000000114. The molecule has 2 fully saturated rings. The second kappa shape index (κ2) is 32.8. The van der Waals surface area contributed by atoms with E-state index >= 15 is 0 Å². The maximum absolute atomic E-state index is 14.8. The van der Waals surface area contributed by atoms with Crippen molar-refractivity contribution in [3.8, 4) is 11.4 Å². The minimum absolute atomic E-state index is 0.0301. The minimum Gasteiger partial charge on any atom is -0.360 e. The van der Waals surface area contributed by atoms with Crippen molar-refractivity contribution in [2.45, 2.75) is 144 Å². The molecule has 20 rings (SSSR count). The first-order chi connectivity index (χ1) is 58.3. The first-order valence-electron chi connectivity index (χ1n) is 40.0. The van der Waals surface area contributed by atoms with Crippen LogP contribution in [0.5, 0.6) is 0 Å². The molecule has 12 heterocycles. The van der Waals surface area contributed by atoms with E-state index in [0.29, 0.717) is 67.8 Å². The molecule has 6 aromatic carbocycles. The quantitative estimate of drug-likeness (QED) is 0.0420. The van der Waals surface area contributed by atoms with Gasteiger partial charge in [0, 0.05) is 40.5 Å². The lowest BCUT2D eigenvalue weighted by molar-refractivity contribution is 0.297. The monoisotopic (exact) mass is 1600 g/mol. The molecule has 12 aromatic heterocycles. The molecule has 0 spiro atoms. The maximum atomic E-state index is 14.8. The summed E-state index contributed by atoms with van der Waals surface area (Å²) in [5, 5.41) is 20.0. The van der Waals surface area contributed by atoms with Crippen LogP contribution in [0.2, 0.25) is 0 Å². The lowest BCUT2D eigenvalue weighted by atomic mass is 9.91. The van der Waals surface area contributed by atoms with Gasteiger partial charge in [-0.15, -0.1) is 0 Å². The number of aromatic nitrogens is 20. The number of aromatic amines is 4. The number of imidazole rings is 4. The molecule has 0 saturated heterocycles. The van der Waals surface area contributed by atoms with E-state index in [1.807, 2.05) is 129 Å². The number of rotatable bonds is 17. The van der Waals surface area contributed by atoms with Gasteiger partial charge < -0.3 is 50.3 Å². The number of hydrogen-bond acceptors (Lipinski definition) is 20. The van der Waals surface area contributed by atoms with Crippen LogP contribution in [0.15, 0.2) is 209 Å². The van der Waals surface area contributed by atoms with Gasteiger partial charge >= 0.3 is 0 Å². The minimum atomic E-state index is -0.827. The van der Waals surface area contributed by atoms with Crippen LogP contribution in [0.1, 0.15) is 159 Å². The van der Waals surface area contributed by atoms with E-state index in [1.54, 1.807) is 55.6 Å². The van der Waals surface area contributed by atoms with Crippen LogP contribution in [0.4, 0.5) is 32.1 Å². The topological polar surface area (TPSA) is 354 Å². The molecule has 120 heavy (non-hydrogen) atoms. The number of aryl methyl sites for hydroxylation is 5. The lowest BCUT2D eigenvalue weighted by Crippen LogP contribution is -2.34. The molecule has 0 radical (unpaired) electrons. The fraction of sp³-hybridized carbons (Fsp3) is 0.244. The SMILES string of the molecule is CCC(Nc1ncnc2nc[nH]c12)c1cc2cccc(C)c2c(=O)n1C1CCC1.Cc1ccc(-n2c(C(C)Nc3ncnc4nc[nH]c34)cc3cccc(C)c3c2=O)cc1.Cc1cccc2cc(C(C)Nc3ncnc4nc[nH]c34)n(-c3c(F)cccc3F)c(=O)c12.Cc1cccc2cc(C(C)Nc3ncnc4nc[nH]c34)n(C3CCC3)c(=O)c12. The molecule has 2 aliphatic carbocycles. The van der Waals surface area contributed by atoms with Gasteiger partial charge in [0.1, 0.15) is 64.7 Å². The number of benzene rings is 6. The smallest absolute Gasteiger partial charge is 0.263 e.